The molecule has 8 heteroatoms. The fourth-order valence-corrected chi connectivity index (χ4v) is 2.14. The molecule has 1 heterocycles. The quantitative estimate of drug-likeness (QED) is 0.324. The third kappa shape index (κ3) is 5.58. The maximum Gasteiger partial charge on any atom is 0.137 e. The maximum atomic E-state index is 9.49. The standard InChI is InChI=1S/C17H25N7O/c1-17(2,11-20)14-8-15(22-6-7-25-3)24-16(13(14)9-19)23-10-12(21)4-5-18/h4-5,8-9,18-19H,6-7,10,21H2,1-3H3,(H2,22,23,24)/b12-4-,18-5?,19-9?. The van der Waals surface area contributed by atoms with Gasteiger partial charge in [-0.1, -0.05) is 0 Å². The fraction of sp³-hybridized carbons (Fsp3) is 0.412. The van der Waals surface area contributed by atoms with Crippen LogP contribution >= 0.6 is 0 Å². The van der Waals surface area contributed by atoms with E-state index in [1.807, 2.05) is 0 Å². The van der Waals surface area contributed by atoms with Gasteiger partial charge in [0.05, 0.1) is 24.6 Å². The van der Waals surface area contributed by atoms with Gasteiger partial charge in [-0.05, 0) is 31.6 Å². The summed E-state index contributed by atoms with van der Waals surface area (Å²) >= 11 is 0. The van der Waals surface area contributed by atoms with Gasteiger partial charge in [0, 0.05) is 37.3 Å². The van der Waals surface area contributed by atoms with Crippen LogP contribution in [-0.4, -0.2) is 44.2 Å². The molecule has 0 bridgehead atoms. The monoisotopic (exact) mass is 343 g/mol. The highest BCUT2D eigenvalue weighted by atomic mass is 16.5. The molecule has 0 atom stereocenters. The maximum absolute atomic E-state index is 9.49. The van der Waals surface area contributed by atoms with Crippen molar-refractivity contribution in [3.8, 4) is 6.07 Å². The van der Waals surface area contributed by atoms with Crippen LogP contribution in [0.25, 0.3) is 0 Å². The summed E-state index contributed by atoms with van der Waals surface area (Å²) in [5.74, 6) is 1.04. The molecular weight excluding hydrogens is 318 g/mol. The molecule has 6 N–H and O–H groups in total. The molecule has 0 amide bonds. The highest BCUT2D eigenvalue weighted by Crippen LogP contribution is 2.31. The highest BCUT2D eigenvalue weighted by Gasteiger charge is 2.26. The van der Waals surface area contributed by atoms with E-state index in [0.717, 1.165) is 6.21 Å². The first-order chi connectivity index (χ1) is 11.9. The number of nitriles is 1. The number of hydrogen-bond donors (Lipinski definition) is 5. The molecule has 0 aromatic carbocycles. The number of nitrogens with two attached hydrogens (primary N) is 1. The van der Waals surface area contributed by atoms with Crippen LogP contribution in [0.1, 0.15) is 25.0 Å². The predicted octanol–water partition coefficient (Wildman–Crippen LogP) is 1.84. The molecule has 134 valence electrons. The topological polar surface area (TPSA) is 144 Å². The van der Waals surface area contributed by atoms with E-state index in [4.69, 9.17) is 21.3 Å². The predicted molar refractivity (Wildman–Crippen MR) is 101 cm³/mol. The molecular formula is C17H25N7O. The van der Waals surface area contributed by atoms with Gasteiger partial charge in [0.15, 0.2) is 0 Å². The fourth-order valence-electron chi connectivity index (χ4n) is 2.14. The molecule has 0 aliphatic rings. The van der Waals surface area contributed by atoms with Gasteiger partial charge in [-0.25, -0.2) is 4.98 Å². The van der Waals surface area contributed by atoms with E-state index in [-0.39, 0.29) is 6.54 Å². The van der Waals surface area contributed by atoms with Crippen molar-refractivity contribution in [3.63, 3.8) is 0 Å². The third-order valence-corrected chi connectivity index (χ3v) is 3.53. The van der Waals surface area contributed by atoms with Crippen molar-refractivity contribution >= 4 is 24.1 Å². The molecule has 0 aliphatic carbocycles. The summed E-state index contributed by atoms with van der Waals surface area (Å²) in [5.41, 5.74) is 6.69. The summed E-state index contributed by atoms with van der Waals surface area (Å²) in [7, 11) is 1.61. The van der Waals surface area contributed by atoms with Crippen LogP contribution in [-0.2, 0) is 10.2 Å². The summed E-state index contributed by atoms with van der Waals surface area (Å²) in [6, 6.07) is 4.04. The lowest BCUT2D eigenvalue weighted by Gasteiger charge is -2.22. The van der Waals surface area contributed by atoms with Crippen LogP contribution in [0.2, 0.25) is 0 Å². The van der Waals surface area contributed by atoms with Gasteiger partial charge in [-0.2, -0.15) is 5.26 Å². The van der Waals surface area contributed by atoms with Gasteiger partial charge in [-0.3, -0.25) is 0 Å². The minimum atomic E-state index is -0.791. The van der Waals surface area contributed by atoms with Gasteiger partial charge in [0.2, 0.25) is 0 Å². The first kappa shape index (κ1) is 20.1. The largest absolute Gasteiger partial charge is 0.401 e. The molecule has 1 aromatic heterocycles. The van der Waals surface area contributed by atoms with Gasteiger partial charge in [-0.15, -0.1) is 0 Å². The number of hydrogen-bond acceptors (Lipinski definition) is 8. The van der Waals surface area contributed by atoms with Crippen molar-refractivity contribution in [1.82, 2.24) is 4.98 Å². The molecule has 1 aromatic rings. The van der Waals surface area contributed by atoms with Crippen molar-refractivity contribution in [2.75, 3.05) is 37.4 Å². The lowest BCUT2D eigenvalue weighted by Crippen LogP contribution is -2.21. The Labute approximate surface area is 148 Å². The van der Waals surface area contributed by atoms with Gasteiger partial charge < -0.3 is 31.9 Å². The van der Waals surface area contributed by atoms with Crippen molar-refractivity contribution in [2.45, 2.75) is 19.3 Å². The third-order valence-electron chi connectivity index (χ3n) is 3.53. The number of nitrogens with one attached hydrogen (secondary N) is 4. The van der Waals surface area contributed by atoms with Gasteiger partial charge in [0.1, 0.15) is 11.6 Å². The number of aromatic nitrogens is 1. The van der Waals surface area contributed by atoms with E-state index in [1.165, 1.54) is 12.3 Å². The van der Waals surface area contributed by atoms with Crippen molar-refractivity contribution < 1.29 is 4.74 Å². The average Bonchev–Trinajstić information content (AvgIpc) is 2.60. The molecule has 0 unspecified atom stereocenters. The Kier molecular flexibility index (Phi) is 7.56. The second-order valence-corrected chi connectivity index (χ2v) is 5.88. The lowest BCUT2D eigenvalue weighted by molar-refractivity contribution is 0.210. The number of allylic oxidation sites excluding steroid dienone is 1. The van der Waals surface area contributed by atoms with Crippen LogP contribution in [0.5, 0.6) is 0 Å². The van der Waals surface area contributed by atoms with E-state index in [0.29, 0.717) is 41.6 Å². The Morgan fingerprint density at radius 1 is 1.44 bits per heavy atom. The van der Waals surface area contributed by atoms with Gasteiger partial charge >= 0.3 is 0 Å². The Balaban J connectivity index is 3.30. The van der Waals surface area contributed by atoms with Crippen molar-refractivity contribution in [3.05, 3.63) is 29.0 Å². The molecule has 0 saturated heterocycles. The van der Waals surface area contributed by atoms with Crippen LogP contribution in [0.3, 0.4) is 0 Å². The first-order valence-electron chi connectivity index (χ1n) is 7.78. The van der Waals surface area contributed by atoms with Crippen LogP contribution < -0.4 is 16.4 Å². The number of rotatable bonds is 10. The summed E-state index contributed by atoms with van der Waals surface area (Å²) in [6.07, 6.45) is 3.76. The molecule has 8 nitrogen and oxygen atoms in total. The lowest BCUT2D eigenvalue weighted by atomic mass is 9.83. The van der Waals surface area contributed by atoms with Crippen LogP contribution in [0.4, 0.5) is 11.6 Å². The van der Waals surface area contributed by atoms with Crippen molar-refractivity contribution in [2.24, 2.45) is 5.73 Å². The smallest absolute Gasteiger partial charge is 0.137 e. The SMILES string of the molecule is COCCNc1cc(C(C)(C)C#N)c(C=N)c(NC/C(N)=C/C=N)n1. The molecule has 1 rings (SSSR count). The Hall–Kier alpha value is -2.92. The number of pyridine rings is 1. The number of nitrogens with zero attached hydrogens (tertiary/aromatic N) is 2. The molecule has 0 saturated carbocycles. The summed E-state index contributed by atoms with van der Waals surface area (Å²) in [4.78, 5) is 4.48. The zero-order valence-corrected chi connectivity index (χ0v) is 14.8. The molecule has 0 fully saturated rings. The molecule has 0 spiro atoms. The first-order valence-corrected chi connectivity index (χ1v) is 7.78. The van der Waals surface area contributed by atoms with Crippen LogP contribution in [0.15, 0.2) is 17.8 Å². The number of ether oxygens (including phenoxy) is 1. The molecule has 25 heavy (non-hydrogen) atoms. The highest BCUT2D eigenvalue weighted by molar-refractivity contribution is 5.88. The molecule has 0 aliphatic heterocycles. The van der Waals surface area contributed by atoms with Crippen LogP contribution in [0, 0.1) is 22.1 Å². The van der Waals surface area contributed by atoms with Crippen molar-refractivity contribution in [1.29, 1.82) is 16.1 Å². The summed E-state index contributed by atoms with van der Waals surface area (Å²) in [5, 5.41) is 30.5. The average molecular weight is 343 g/mol. The van der Waals surface area contributed by atoms with E-state index in [9.17, 15) is 5.26 Å². The summed E-state index contributed by atoms with van der Waals surface area (Å²) in [6.45, 7) is 4.94. The molecule has 0 radical (unpaired) electrons. The second-order valence-electron chi connectivity index (χ2n) is 5.88. The Bertz CT molecular complexity index is 689. The van der Waals surface area contributed by atoms with E-state index in [1.54, 1.807) is 27.0 Å². The Morgan fingerprint density at radius 3 is 2.72 bits per heavy atom. The zero-order valence-electron chi connectivity index (χ0n) is 14.8. The summed E-state index contributed by atoms with van der Waals surface area (Å²) < 4.78 is 5.02. The number of anilines is 2. The number of methoxy groups -OCH3 is 1. The van der Waals surface area contributed by atoms with E-state index in [2.05, 4.69) is 21.7 Å². The second kappa shape index (κ2) is 9.39. The van der Waals surface area contributed by atoms with E-state index >= 15 is 0 Å². The minimum Gasteiger partial charge on any atom is -0.401 e. The van der Waals surface area contributed by atoms with E-state index < -0.39 is 5.41 Å². The minimum absolute atomic E-state index is 0.275. The zero-order chi connectivity index (χ0) is 18.9. The normalized spacial score (nSPS) is 11.5. The van der Waals surface area contributed by atoms with Gasteiger partial charge in [0.25, 0.3) is 0 Å². The Morgan fingerprint density at radius 2 is 2.16 bits per heavy atom.